The molecule has 2 aromatic heterocycles. The molecule has 2 aromatic rings. The minimum Gasteiger partial charge on any atom is -0.483 e. The van der Waals surface area contributed by atoms with Crippen molar-refractivity contribution in [3.8, 4) is 5.75 Å². The second-order valence-electron chi connectivity index (χ2n) is 4.85. The number of rotatable bonds is 6. The minimum atomic E-state index is 0.467. The van der Waals surface area contributed by atoms with Crippen molar-refractivity contribution < 1.29 is 4.74 Å². The number of nitrogens with one attached hydrogen (secondary N) is 1. The Morgan fingerprint density at radius 3 is 2.65 bits per heavy atom. The first-order chi connectivity index (χ1) is 9.61. The number of hydrogen-bond acceptors (Lipinski definition) is 4. The summed E-state index contributed by atoms with van der Waals surface area (Å²) in [5.74, 6) is 0.853. The molecular formula is C15H22N4O. The smallest absolute Gasteiger partial charge is 0.163 e. The predicted molar refractivity (Wildman–Crippen MR) is 78.6 cm³/mol. The van der Waals surface area contributed by atoms with Crippen molar-refractivity contribution in [2.75, 3.05) is 6.54 Å². The number of ether oxygens (including phenoxy) is 1. The Kier molecular flexibility index (Phi) is 4.74. The topological polar surface area (TPSA) is 52.0 Å². The van der Waals surface area contributed by atoms with Crippen molar-refractivity contribution >= 4 is 0 Å². The second kappa shape index (κ2) is 6.52. The van der Waals surface area contributed by atoms with Gasteiger partial charge in [-0.3, -0.25) is 9.67 Å². The van der Waals surface area contributed by atoms with Crippen LogP contribution in [0.25, 0.3) is 0 Å². The summed E-state index contributed by atoms with van der Waals surface area (Å²) in [6.45, 7) is 8.33. The molecule has 0 unspecified atom stereocenters. The number of pyridine rings is 1. The van der Waals surface area contributed by atoms with Gasteiger partial charge in [0.05, 0.1) is 11.4 Å². The van der Waals surface area contributed by atoms with Gasteiger partial charge >= 0.3 is 0 Å². The number of aryl methyl sites for hydroxylation is 2. The fourth-order valence-corrected chi connectivity index (χ4v) is 2.02. The Labute approximate surface area is 120 Å². The van der Waals surface area contributed by atoms with Crippen LogP contribution in [0, 0.1) is 13.8 Å². The van der Waals surface area contributed by atoms with Crippen molar-refractivity contribution in [3.63, 3.8) is 0 Å². The van der Waals surface area contributed by atoms with Crippen LogP contribution in [0.4, 0.5) is 0 Å². The Balaban J connectivity index is 1.97. The van der Waals surface area contributed by atoms with Gasteiger partial charge in [-0.15, -0.1) is 0 Å². The maximum absolute atomic E-state index is 5.83. The lowest BCUT2D eigenvalue weighted by molar-refractivity contribution is 0.297. The number of aromatic nitrogens is 3. The Bertz CT molecular complexity index is 560. The summed E-state index contributed by atoms with van der Waals surface area (Å²) < 4.78 is 7.66. The van der Waals surface area contributed by atoms with E-state index >= 15 is 0 Å². The van der Waals surface area contributed by atoms with Crippen LogP contribution in [0.15, 0.2) is 18.3 Å². The molecule has 0 aliphatic carbocycles. The van der Waals surface area contributed by atoms with Crippen LogP contribution in [-0.4, -0.2) is 21.3 Å². The molecule has 2 rings (SSSR count). The summed E-state index contributed by atoms with van der Waals surface area (Å²) in [6, 6.07) is 4.09. The van der Waals surface area contributed by atoms with Crippen LogP contribution < -0.4 is 10.1 Å². The van der Waals surface area contributed by atoms with Crippen LogP contribution in [0.1, 0.15) is 29.6 Å². The number of hydrogen-bond donors (Lipinski definition) is 1. The van der Waals surface area contributed by atoms with Crippen LogP contribution in [-0.2, 0) is 20.2 Å². The molecular weight excluding hydrogens is 252 g/mol. The van der Waals surface area contributed by atoms with Crippen LogP contribution in [0.3, 0.4) is 0 Å². The van der Waals surface area contributed by atoms with E-state index in [0.717, 1.165) is 35.9 Å². The Morgan fingerprint density at radius 1 is 1.30 bits per heavy atom. The quantitative estimate of drug-likeness (QED) is 0.876. The molecule has 108 valence electrons. The average molecular weight is 274 g/mol. The molecule has 0 aromatic carbocycles. The standard InChI is InChI=1S/C15H22N4O/c1-5-16-8-13-6-7-14(17-9-13)10-20-15-11(2)18-19(4)12(15)3/h6-7,9,16H,5,8,10H2,1-4H3. The molecule has 0 spiro atoms. The zero-order valence-electron chi connectivity index (χ0n) is 12.6. The third-order valence-corrected chi connectivity index (χ3v) is 3.27. The lowest BCUT2D eigenvalue weighted by atomic mass is 10.2. The molecule has 5 nitrogen and oxygen atoms in total. The van der Waals surface area contributed by atoms with Gasteiger partial charge in [0.1, 0.15) is 12.3 Å². The molecule has 20 heavy (non-hydrogen) atoms. The summed E-state index contributed by atoms with van der Waals surface area (Å²) >= 11 is 0. The van der Waals surface area contributed by atoms with Gasteiger partial charge in [0.25, 0.3) is 0 Å². The van der Waals surface area contributed by atoms with Gasteiger partial charge in [-0.2, -0.15) is 5.10 Å². The van der Waals surface area contributed by atoms with E-state index in [-0.39, 0.29) is 0 Å². The fourth-order valence-electron chi connectivity index (χ4n) is 2.02. The van der Waals surface area contributed by atoms with Gasteiger partial charge in [-0.1, -0.05) is 13.0 Å². The average Bonchev–Trinajstić information content (AvgIpc) is 2.69. The molecule has 0 radical (unpaired) electrons. The van der Waals surface area contributed by atoms with Crippen molar-refractivity contribution in [3.05, 3.63) is 41.0 Å². The van der Waals surface area contributed by atoms with Crippen LogP contribution in [0.5, 0.6) is 5.75 Å². The third-order valence-electron chi connectivity index (χ3n) is 3.27. The lowest BCUT2D eigenvalue weighted by Gasteiger charge is -2.07. The van der Waals surface area contributed by atoms with E-state index in [1.807, 2.05) is 37.8 Å². The minimum absolute atomic E-state index is 0.467. The SMILES string of the molecule is CCNCc1ccc(COc2c(C)nn(C)c2C)nc1. The van der Waals surface area contributed by atoms with Crippen molar-refractivity contribution in [2.45, 2.75) is 33.9 Å². The molecule has 2 heterocycles. The number of nitrogens with zero attached hydrogens (tertiary/aromatic N) is 3. The summed E-state index contributed by atoms with van der Waals surface area (Å²) in [4.78, 5) is 4.42. The highest BCUT2D eigenvalue weighted by atomic mass is 16.5. The molecule has 0 aliphatic heterocycles. The molecule has 5 heteroatoms. The maximum Gasteiger partial charge on any atom is 0.163 e. The zero-order chi connectivity index (χ0) is 14.5. The van der Waals surface area contributed by atoms with E-state index in [9.17, 15) is 0 Å². The first-order valence-electron chi connectivity index (χ1n) is 6.89. The second-order valence-corrected chi connectivity index (χ2v) is 4.85. The summed E-state index contributed by atoms with van der Waals surface area (Å²) in [5.41, 5.74) is 4.05. The Hall–Kier alpha value is -1.88. The molecule has 0 atom stereocenters. The molecule has 0 saturated heterocycles. The lowest BCUT2D eigenvalue weighted by Crippen LogP contribution is -2.12. The van der Waals surface area contributed by atoms with Crippen LogP contribution in [0.2, 0.25) is 0 Å². The van der Waals surface area contributed by atoms with Gasteiger partial charge in [-0.25, -0.2) is 0 Å². The van der Waals surface area contributed by atoms with E-state index in [0.29, 0.717) is 6.61 Å². The van der Waals surface area contributed by atoms with Gasteiger partial charge in [0, 0.05) is 19.8 Å². The molecule has 0 aliphatic rings. The van der Waals surface area contributed by atoms with Crippen molar-refractivity contribution in [1.29, 1.82) is 0 Å². The van der Waals surface area contributed by atoms with Gasteiger partial charge in [0.2, 0.25) is 0 Å². The fraction of sp³-hybridized carbons (Fsp3) is 0.467. The summed E-state index contributed by atoms with van der Waals surface area (Å²) in [6.07, 6.45) is 1.89. The molecule has 0 fully saturated rings. The highest BCUT2D eigenvalue weighted by molar-refractivity contribution is 5.31. The van der Waals surface area contributed by atoms with Crippen molar-refractivity contribution in [1.82, 2.24) is 20.1 Å². The zero-order valence-corrected chi connectivity index (χ0v) is 12.6. The first-order valence-corrected chi connectivity index (χ1v) is 6.89. The monoisotopic (exact) mass is 274 g/mol. The Morgan fingerprint density at radius 2 is 2.10 bits per heavy atom. The normalized spacial score (nSPS) is 10.8. The van der Waals surface area contributed by atoms with E-state index in [1.54, 1.807) is 0 Å². The van der Waals surface area contributed by atoms with Gasteiger partial charge in [-0.05, 0) is 32.0 Å². The van der Waals surface area contributed by atoms with E-state index in [1.165, 1.54) is 5.56 Å². The molecule has 1 N–H and O–H groups in total. The first kappa shape index (κ1) is 14.5. The van der Waals surface area contributed by atoms with Crippen molar-refractivity contribution in [2.24, 2.45) is 7.05 Å². The maximum atomic E-state index is 5.83. The van der Waals surface area contributed by atoms with Gasteiger partial charge < -0.3 is 10.1 Å². The summed E-state index contributed by atoms with van der Waals surface area (Å²) in [7, 11) is 1.92. The largest absolute Gasteiger partial charge is 0.483 e. The van der Waals surface area contributed by atoms with Gasteiger partial charge in [0.15, 0.2) is 5.75 Å². The molecule has 0 bridgehead atoms. The highest BCUT2D eigenvalue weighted by Gasteiger charge is 2.10. The highest BCUT2D eigenvalue weighted by Crippen LogP contribution is 2.22. The van der Waals surface area contributed by atoms with E-state index in [2.05, 4.69) is 28.4 Å². The van der Waals surface area contributed by atoms with Crippen LogP contribution >= 0.6 is 0 Å². The molecule has 0 amide bonds. The van der Waals surface area contributed by atoms with E-state index in [4.69, 9.17) is 4.74 Å². The summed E-state index contributed by atoms with van der Waals surface area (Å²) in [5, 5.41) is 7.61. The third kappa shape index (κ3) is 3.36. The van der Waals surface area contributed by atoms with E-state index < -0.39 is 0 Å². The predicted octanol–water partition coefficient (Wildman–Crippen LogP) is 2.12. The molecule has 0 saturated carbocycles.